The number of rotatable bonds is 5. The maximum atomic E-state index is 12.7. The van der Waals surface area contributed by atoms with E-state index in [9.17, 15) is 4.79 Å². The van der Waals surface area contributed by atoms with Gasteiger partial charge in [-0.05, 0) is 43.5 Å². The fraction of sp³-hybridized carbons (Fsp3) is 0.480. The van der Waals surface area contributed by atoms with Crippen LogP contribution < -0.4 is 16.2 Å². The van der Waals surface area contributed by atoms with Gasteiger partial charge in [-0.3, -0.25) is 9.36 Å². The van der Waals surface area contributed by atoms with Gasteiger partial charge in [-0.15, -0.1) is 0 Å². The molecule has 9 nitrogen and oxygen atoms in total. The van der Waals surface area contributed by atoms with Gasteiger partial charge < -0.3 is 15.6 Å². The van der Waals surface area contributed by atoms with Crippen LogP contribution >= 0.6 is 23.4 Å². The van der Waals surface area contributed by atoms with Crippen LogP contribution in [-0.4, -0.2) is 48.6 Å². The first-order valence-corrected chi connectivity index (χ1v) is 13.8. The molecule has 1 aliphatic carbocycles. The molecule has 4 aromatic heterocycles. The summed E-state index contributed by atoms with van der Waals surface area (Å²) in [7, 11) is 0. The van der Waals surface area contributed by atoms with Crippen molar-refractivity contribution in [2.75, 3.05) is 18.0 Å². The predicted octanol–water partition coefficient (Wildman–Crippen LogP) is 4.47. The number of hydrogen-bond donors (Lipinski definition) is 2. The molecule has 4 aromatic rings. The Kier molecular flexibility index (Phi) is 6.35. The van der Waals surface area contributed by atoms with Crippen molar-refractivity contribution in [2.45, 2.75) is 74.0 Å². The highest BCUT2D eigenvalue weighted by atomic mass is 35.5. The first-order valence-electron chi connectivity index (χ1n) is 12.7. The first-order chi connectivity index (χ1) is 17.5. The molecule has 0 bridgehead atoms. The highest BCUT2D eigenvalue weighted by molar-refractivity contribution is 7.99. The molecule has 1 atom stereocenters. The van der Waals surface area contributed by atoms with Gasteiger partial charge in [0, 0.05) is 42.0 Å². The van der Waals surface area contributed by atoms with Gasteiger partial charge in [0.15, 0.2) is 10.8 Å². The molecule has 0 spiro atoms. The lowest BCUT2D eigenvalue weighted by Crippen LogP contribution is -2.27. The molecule has 11 heteroatoms. The van der Waals surface area contributed by atoms with Crippen LogP contribution in [-0.2, 0) is 6.42 Å². The van der Waals surface area contributed by atoms with Crippen LogP contribution in [0.4, 0.5) is 5.82 Å². The lowest BCUT2D eigenvalue weighted by atomic mass is 9.95. The average molecular weight is 525 g/mol. The number of aromatic amines is 1. The number of H-pyrrole nitrogens is 1. The van der Waals surface area contributed by atoms with E-state index >= 15 is 0 Å². The molecule has 1 aliphatic heterocycles. The van der Waals surface area contributed by atoms with E-state index in [4.69, 9.17) is 27.3 Å². The normalized spacial score (nSPS) is 19.1. The smallest absolute Gasteiger partial charge is 0.270 e. The lowest BCUT2D eigenvalue weighted by molar-refractivity contribution is 0.352. The van der Waals surface area contributed by atoms with Crippen LogP contribution in [0.2, 0.25) is 5.02 Å². The SMILES string of the molecule is CCc1[nH]c2nc(Sc3cnc4c(c3)ncc(=O)n4C3CCCCC3)nc(N3CC[C@@H](N)C3)c2c1Cl. The Morgan fingerprint density at radius 1 is 1.17 bits per heavy atom. The summed E-state index contributed by atoms with van der Waals surface area (Å²) in [6.45, 7) is 3.63. The summed E-state index contributed by atoms with van der Waals surface area (Å²) in [6, 6.07) is 2.27. The number of nitrogens with zero attached hydrogens (tertiary/aromatic N) is 6. The number of anilines is 1. The number of aromatic nitrogens is 6. The zero-order chi connectivity index (χ0) is 24.8. The van der Waals surface area contributed by atoms with Crippen LogP contribution in [0.15, 0.2) is 33.3 Å². The quantitative estimate of drug-likeness (QED) is 0.367. The number of fused-ring (bicyclic) bond motifs is 2. The molecule has 0 radical (unpaired) electrons. The van der Waals surface area contributed by atoms with E-state index in [1.165, 1.54) is 24.4 Å². The standard InChI is InChI=1S/C25H29ClN8OS/c1-2-17-21(26)20-22(30-17)31-25(32-24(20)33-9-8-14(27)13-33)36-16-10-18-23(29-11-16)34(19(35)12-28-18)15-6-4-3-5-7-15/h10-12,14-15H,2-9,13,27H2,1H3,(H,30,31,32)/t14-/m1/s1. The van der Waals surface area contributed by atoms with Crippen molar-refractivity contribution in [1.82, 2.24) is 29.5 Å². The Morgan fingerprint density at radius 2 is 2.00 bits per heavy atom. The van der Waals surface area contributed by atoms with Crippen LogP contribution in [0.3, 0.4) is 0 Å². The van der Waals surface area contributed by atoms with Crippen LogP contribution in [0.5, 0.6) is 0 Å². The fourth-order valence-corrected chi connectivity index (χ4v) is 6.53. The predicted molar refractivity (Wildman–Crippen MR) is 143 cm³/mol. The summed E-state index contributed by atoms with van der Waals surface area (Å²) in [4.78, 5) is 37.9. The van der Waals surface area contributed by atoms with E-state index in [1.807, 2.05) is 10.6 Å². The van der Waals surface area contributed by atoms with Gasteiger partial charge in [0.1, 0.15) is 17.0 Å². The Morgan fingerprint density at radius 3 is 2.75 bits per heavy atom. The van der Waals surface area contributed by atoms with Crippen LogP contribution in [0.1, 0.15) is 57.2 Å². The van der Waals surface area contributed by atoms with Crippen molar-refractivity contribution in [2.24, 2.45) is 5.73 Å². The number of aryl methyl sites for hydroxylation is 1. The number of nitrogens with two attached hydrogens (primary N) is 1. The maximum Gasteiger partial charge on any atom is 0.270 e. The average Bonchev–Trinajstić information content (AvgIpc) is 3.47. The summed E-state index contributed by atoms with van der Waals surface area (Å²) in [6.07, 6.45) is 10.4. The minimum absolute atomic E-state index is 0.0834. The summed E-state index contributed by atoms with van der Waals surface area (Å²) >= 11 is 8.15. The molecule has 1 saturated heterocycles. The number of nitrogens with one attached hydrogen (secondary N) is 1. The maximum absolute atomic E-state index is 12.7. The minimum atomic E-state index is -0.0834. The topological polar surface area (TPSA) is 119 Å². The van der Waals surface area contributed by atoms with Gasteiger partial charge >= 0.3 is 0 Å². The van der Waals surface area contributed by atoms with E-state index in [0.717, 1.165) is 79.1 Å². The molecule has 6 rings (SSSR count). The third kappa shape index (κ3) is 4.25. The van der Waals surface area contributed by atoms with Crippen molar-refractivity contribution in [1.29, 1.82) is 0 Å². The van der Waals surface area contributed by atoms with E-state index in [1.54, 1.807) is 6.20 Å². The number of pyridine rings is 1. The number of halogens is 1. The van der Waals surface area contributed by atoms with Gasteiger partial charge in [-0.25, -0.2) is 19.9 Å². The van der Waals surface area contributed by atoms with Crippen molar-refractivity contribution < 1.29 is 0 Å². The van der Waals surface area contributed by atoms with Crippen LogP contribution in [0, 0.1) is 0 Å². The van der Waals surface area contributed by atoms with Crippen molar-refractivity contribution >= 4 is 51.4 Å². The van der Waals surface area contributed by atoms with E-state index in [-0.39, 0.29) is 17.6 Å². The highest BCUT2D eigenvalue weighted by Gasteiger charge is 2.26. The molecule has 5 heterocycles. The van der Waals surface area contributed by atoms with Crippen molar-refractivity contribution in [3.05, 3.63) is 39.5 Å². The van der Waals surface area contributed by atoms with E-state index in [0.29, 0.717) is 21.3 Å². The molecular weight excluding hydrogens is 496 g/mol. The van der Waals surface area contributed by atoms with Gasteiger partial charge in [-0.2, -0.15) is 0 Å². The first kappa shape index (κ1) is 23.7. The van der Waals surface area contributed by atoms with E-state index < -0.39 is 0 Å². The summed E-state index contributed by atoms with van der Waals surface area (Å²) in [5, 5.41) is 2.12. The second-order valence-electron chi connectivity index (χ2n) is 9.69. The minimum Gasteiger partial charge on any atom is -0.354 e. The summed E-state index contributed by atoms with van der Waals surface area (Å²) < 4.78 is 1.83. The molecule has 1 saturated carbocycles. The van der Waals surface area contributed by atoms with Gasteiger partial charge in [0.25, 0.3) is 5.56 Å². The molecule has 0 unspecified atom stereocenters. The summed E-state index contributed by atoms with van der Waals surface area (Å²) in [5.74, 6) is 0.814. The van der Waals surface area contributed by atoms with Gasteiger partial charge in [-0.1, -0.05) is 37.8 Å². The van der Waals surface area contributed by atoms with Gasteiger partial charge in [0.05, 0.1) is 16.6 Å². The third-order valence-electron chi connectivity index (χ3n) is 7.25. The second kappa shape index (κ2) is 9.64. The fourth-order valence-electron chi connectivity index (χ4n) is 5.42. The van der Waals surface area contributed by atoms with Crippen molar-refractivity contribution in [3.63, 3.8) is 0 Å². The molecule has 0 aromatic carbocycles. The molecule has 2 aliphatic rings. The molecular formula is C25H29ClN8OS. The Bertz CT molecular complexity index is 1500. The molecule has 3 N–H and O–H groups in total. The molecule has 188 valence electrons. The lowest BCUT2D eigenvalue weighted by Gasteiger charge is -2.24. The summed E-state index contributed by atoms with van der Waals surface area (Å²) in [5.41, 5.74) is 9.13. The van der Waals surface area contributed by atoms with Crippen molar-refractivity contribution in [3.8, 4) is 0 Å². The van der Waals surface area contributed by atoms with Crippen LogP contribution in [0.25, 0.3) is 22.2 Å². The molecule has 36 heavy (non-hydrogen) atoms. The number of hydrogen-bond acceptors (Lipinski definition) is 8. The zero-order valence-electron chi connectivity index (χ0n) is 20.2. The Hall–Kier alpha value is -2.69. The Balaban J connectivity index is 1.39. The second-order valence-corrected chi connectivity index (χ2v) is 11.1. The van der Waals surface area contributed by atoms with Gasteiger partial charge in [0.2, 0.25) is 0 Å². The zero-order valence-corrected chi connectivity index (χ0v) is 21.8. The Labute approximate surface area is 217 Å². The van der Waals surface area contributed by atoms with E-state index in [2.05, 4.69) is 26.8 Å². The molecule has 2 fully saturated rings. The monoisotopic (exact) mass is 524 g/mol. The highest BCUT2D eigenvalue weighted by Crippen LogP contribution is 2.38. The third-order valence-corrected chi connectivity index (χ3v) is 8.49. The largest absolute Gasteiger partial charge is 0.354 e. The molecule has 0 amide bonds.